The summed E-state index contributed by atoms with van der Waals surface area (Å²) in [5.41, 5.74) is 0. The van der Waals surface area contributed by atoms with Gasteiger partial charge in [0, 0.05) is 26.3 Å². The first-order chi connectivity index (χ1) is 9.27. The molecule has 1 aromatic heterocycles. The molecular formula is C12H19N3O4S. The quantitative estimate of drug-likeness (QED) is 0.743. The minimum absolute atomic E-state index is 0.0233. The standard InChI is InChI=1S/C12H19N3O4S/c1-8-5-15(6-10(8)12(16)19-4)20(17,18)11-7-14(3)9(2)13-11/h7-8,10H,5-6H2,1-4H3. The van der Waals surface area contributed by atoms with Crippen molar-refractivity contribution in [1.82, 2.24) is 13.9 Å². The van der Waals surface area contributed by atoms with E-state index in [4.69, 9.17) is 4.74 Å². The number of carbonyl (C=O) groups is 1. The second-order valence-corrected chi connectivity index (χ2v) is 7.05. The van der Waals surface area contributed by atoms with Gasteiger partial charge in [-0.1, -0.05) is 6.92 Å². The Morgan fingerprint density at radius 1 is 1.45 bits per heavy atom. The van der Waals surface area contributed by atoms with Crippen molar-refractivity contribution in [3.05, 3.63) is 12.0 Å². The normalized spacial score (nSPS) is 24.0. The van der Waals surface area contributed by atoms with Gasteiger partial charge in [0.1, 0.15) is 5.82 Å². The molecule has 112 valence electrons. The van der Waals surface area contributed by atoms with Crippen LogP contribution < -0.4 is 0 Å². The highest BCUT2D eigenvalue weighted by Crippen LogP contribution is 2.28. The molecule has 1 aliphatic heterocycles. The molecule has 2 heterocycles. The number of rotatable bonds is 3. The van der Waals surface area contributed by atoms with Crippen LogP contribution in [-0.2, 0) is 26.6 Å². The first-order valence-corrected chi connectivity index (χ1v) is 7.79. The monoisotopic (exact) mass is 301 g/mol. The van der Waals surface area contributed by atoms with E-state index in [0.29, 0.717) is 12.4 Å². The zero-order valence-electron chi connectivity index (χ0n) is 12.0. The Balaban J connectivity index is 2.26. The average Bonchev–Trinajstić information content (AvgIpc) is 2.93. The van der Waals surface area contributed by atoms with Crippen molar-refractivity contribution in [1.29, 1.82) is 0 Å². The zero-order valence-corrected chi connectivity index (χ0v) is 12.8. The molecule has 1 aliphatic rings. The van der Waals surface area contributed by atoms with Crippen LogP contribution in [0.4, 0.5) is 0 Å². The van der Waals surface area contributed by atoms with Gasteiger partial charge < -0.3 is 9.30 Å². The average molecular weight is 301 g/mol. The molecule has 0 saturated carbocycles. The SMILES string of the molecule is COC(=O)C1CN(S(=O)(=O)c2cn(C)c(C)n2)CC1C. The number of ether oxygens (including phenoxy) is 1. The van der Waals surface area contributed by atoms with Gasteiger partial charge >= 0.3 is 5.97 Å². The van der Waals surface area contributed by atoms with E-state index in [9.17, 15) is 13.2 Å². The van der Waals surface area contributed by atoms with Crippen molar-refractivity contribution in [3.63, 3.8) is 0 Å². The summed E-state index contributed by atoms with van der Waals surface area (Å²) in [6.45, 7) is 4.03. The van der Waals surface area contributed by atoms with Crippen LogP contribution in [-0.4, -0.2) is 48.4 Å². The third-order valence-electron chi connectivity index (χ3n) is 3.77. The smallest absolute Gasteiger partial charge is 0.310 e. The molecule has 2 atom stereocenters. The van der Waals surface area contributed by atoms with E-state index in [1.165, 1.54) is 17.6 Å². The second kappa shape index (κ2) is 5.17. The van der Waals surface area contributed by atoms with Gasteiger partial charge in [0.15, 0.2) is 5.03 Å². The number of aromatic nitrogens is 2. The lowest BCUT2D eigenvalue weighted by Crippen LogP contribution is -2.30. The number of sulfonamides is 1. The molecule has 1 fully saturated rings. The van der Waals surface area contributed by atoms with Crippen LogP contribution in [0.2, 0.25) is 0 Å². The van der Waals surface area contributed by atoms with Crippen molar-refractivity contribution in [2.75, 3.05) is 20.2 Å². The highest BCUT2D eigenvalue weighted by Gasteiger charge is 2.42. The minimum atomic E-state index is -3.65. The van der Waals surface area contributed by atoms with Crippen molar-refractivity contribution >= 4 is 16.0 Å². The van der Waals surface area contributed by atoms with E-state index in [1.54, 1.807) is 18.5 Å². The van der Waals surface area contributed by atoms with E-state index in [1.807, 2.05) is 6.92 Å². The molecule has 0 amide bonds. The molecule has 0 spiro atoms. The summed E-state index contributed by atoms with van der Waals surface area (Å²) in [5, 5.41) is 0.0233. The summed E-state index contributed by atoms with van der Waals surface area (Å²) < 4.78 is 32.7. The third-order valence-corrected chi connectivity index (χ3v) is 5.48. The third kappa shape index (κ3) is 2.45. The molecule has 0 aromatic carbocycles. The molecule has 20 heavy (non-hydrogen) atoms. The predicted molar refractivity (Wildman–Crippen MR) is 71.4 cm³/mol. The minimum Gasteiger partial charge on any atom is -0.469 e. The number of carbonyl (C=O) groups excluding carboxylic acids is 1. The fraction of sp³-hybridized carbons (Fsp3) is 0.667. The van der Waals surface area contributed by atoms with Crippen LogP contribution in [0.15, 0.2) is 11.2 Å². The Hall–Kier alpha value is -1.41. The Bertz CT molecular complexity index is 603. The van der Waals surface area contributed by atoms with Crippen LogP contribution in [0.3, 0.4) is 0 Å². The number of aryl methyl sites for hydroxylation is 2. The Morgan fingerprint density at radius 3 is 2.60 bits per heavy atom. The molecule has 1 aromatic rings. The molecule has 0 radical (unpaired) electrons. The van der Waals surface area contributed by atoms with E-state index in [-0.39, 0.29) is 23.5 Å². The maximum Gasteiger partial charge on any atom is 0.310 e. The fourth-order valence-electron chi connectivity index (χ4n) is 2.36. The lowest BCUT2D eigenvalue weighted by atomic mass is 9.99. The number of hydrogen-bond donors (Lipinski definition) is 0. The number of methoxy groups -OCH3 is 1. The van der Waals surface area contributed by atoms with Crippen LogP contribution >= 0.6 is 0 Å². The van der Waals surface area contributed by atoms with Crippen molar-refractivity contribution in [3.8, 4) is 0 Å². The van der Waals surface area contributed by atoms with E-state index >= 15 is 0 Å². The first kappa shape index (κ1) is 15.0. The summed E-state index contributed by atoms with van der Waals surface area (Å²) in [6.07, 6.45) is 1.49. The van der Waals surface area contributed by atoms with E-state index in [0.717, 1.165) is 0 Å². The molecule has 7 nitrogen and oxygen atoms in total. The summed E-state index contributed by atoms with van der Waals surface area (Å²) in [5.74, 6) is -0.227. The summed E-state index contributed by atoms with van der Waals surface area (Å²) >= 11 is 0. The van der Waals surface area contributed by atoms with E-state index < -0.39 is 15.9 Å². The number of imidazole rings is 1. The lowest BCUT2D eigenvalue weighted by molar-refractivity contribution is -0.145. The Morgan fingerprint density at radius 2 is 2.10 bits per heavy atom. The zero-order chi connectivity index (χ0) is 15.1. The van der Waals surface area contributed by atoms with Gasteiger partial charge in [0.25, 0.3) is 10.0 Å². The summed E-state index contributed by atoms with van der Waals surface area (Å²) in [7, 11) is -0.599. The highest BCUT2D eigenvalue weighted by molar-refractivity contribution is 7.89. The molecule has 1 saturated heterocycles. The van der Waals surface area contributed by atoms with Gasteiger partial charge in [-0.25, -0.2) is 13.4 Å². The van der Waals surface area contributed by atoms with Crippen molar-refractivity contribution in [2.24, 2.45) is 18.9 Å². The van der Waals surface area contributed by atoms with Crippen LogP contribution in [0.5, 0.6) is 0 Å². The lowest BCUT2D eigenvalue weighted by Gasteiger charge is -2.14. The first-order valence-electron chi connectivity index (χ1n) is 6.35. The van der Waals surface area contributed by atoms with Crippen molar-refractivity contribution in [2.45, 2.75) is 18.9 Å². The molecule has 8 heteroatoms. The van der Waals surface area contributed by atoms with Gasteiger partial charge in [0.2, 0.25) is 0 Å². The number of hydrogen-bond acceptors (Lipinski definition) is 5. The predicted octanol–water partition coefficient (Wildman–Crippen LogP) is 0.158. The van der Waals surface area contributed by atoms with Gasteiger partial charge in [-0.15, -0.1) is 0 Å². The largest absolute Gasteiger partial charge is 0.469 e. The second-order valence-electron chi connectivity index (χ2n) is 5.17. The van der Waals surface area contributed by atoms with Crippen LogP contribution in [0.1, 0.15) is 12.7 Å². The maximum atomic E-state index is 12.5. The van der Waals surface area contributed by atoms with E-state index in [2.05, 4.69) is 4.98 Å². The highest BCUT2D eigenvalue weighted by atomic mass is 32.2. The molecule has 0 bridgehead atoms. The van der Waals surface area contributed by atoms with Gasteiger partial charge in [-0.2, -0.15) is 4.31 Å². The Labute approximate surface area is 118 Å². The van der Waals surface area contributed by atoms with Crippen molar-refractivity contribution < 1.29 is 17.9 Å². The van der Waals surface area contributed by atoms with Gasteiger partial charge in [0.05, 0.1) is 13.0 Å². The van der Waals surface area contributed by atoms with Gasteiger partial charge in [-0.3, -0.25) is 4.79 Å². The molecule has 2 unspecified atom stereocenters. The maximum absolute atomic E-state index is 12.5. The molecule has 0 N–H and O–H groups in total. The Kier molecular flexibility index (Phi) is 3.88. The van der Waals surface area contributed by atoms with Crippen LogP contribution in [0, 0.1) is 18.8 Å². The summed E-state index contributed by atoms with van der Waals surface area (Å²) in [6, 6.07) is 0. The molecule has 2 rings (SSSR count). The number of nitrogens with zero attached hydrogens (tertiary/aromatic N) is 3. The molecular weight excluding hydrogens is 282 g/mol. The topological polar surface area (TPSA) is 81.5 Å². The molecule has 0 aliphatic carbocycles. The summed E-state index contributed by atoms with van der Waals surface area (Å²) in [4.78, 5) is 15.7. The van der Waals surface area contributed by atoms with Gasteiger partial charge in [-0.05, 0) is 12.8 Å². The fourth-order valence-corrected chi connectivity index (χ4v) is 3.95. The van der Waals surface area contributed by atoms with Crippen LogP contribution in [0.25, 0.3) is 0 Å². The number of esters is 1.